The highest BCUT2D eigenvalue weighted by Crippen LogP contribution is 1.99. The quantitative estimate of drug-likeness (QED) is 0.447. The number of carboxylic acid groups (broad SMARTS) is 1. The van der Waals surface area contributed by atoms with Crippen molar-refractivity contribution in [3.8, 4) is 12.3 Å². The summed E-state index contributed by atoms with van der Waals surface area (Å²) in [5, 5.41) is 13.4. The van der Waals surface area contributed by atoms with Crippen molar-refractivity contribution in [1.29, 1.82) is 0 Å². The lowest BCUT2D eigenvalue weighted by molar-refractivity contribution is -0.142. The van der Waals surface area contributed by atoms with E-state index in [1.165, 1.54) is 7.11 Å². The van der Waals surface area contributed by atoms with Gasteiger partial charge in [-0.25, -0.2) is 9.59 Å². The lowest BCUT2D eigenvalue weighted by Gasteiger charge is -2.15. The maximum absolute atomic E-state index is 11.3. The minimum absolute atomic E-state index is 0.0557. The van der Waals surface area contributed by atoms with Crippen molar-refractivity contribution in [2.75, 3.05) is 7.11 Å². The summed E-state index contributed by atoms with van der Waals surface area (Å²) in [7, 11) is 1.20. The summed E-state index contributed by atoms with van der Waals surface area (Å²) in [6.07, 6.45) is 4.90. The number of terminal acetylenes is 1. The van der Waals surface area contributed by atoms with E-state index in [2.05, 4.69) is 21.3 Å². The van der Waals surface area contributed by atoms with Crippen LogP contribution >= 0.6 is 0 Å². The maximum atomic E-state index is 11.3. The van der Waals surface area contributed by atoms with E-state index in [-0.39, 0.29) is 12.8 Å². The molecule has 0 heterocycles. The molecule has 0 aliphatic heterocycles. The highest BCUT2D eigenvalue weighted by atomic mass is 16.5. The number of carboxylic acids is 1. The molecule has 0 aliphatic carbocycles. The van der Waals surface area contributed by atoms with E-state index in [9.17, 15) is 14.4 Å². The van der Waals surface area contributed by atoms with Gasteiger partial charge in [0.15, 0.2) is 0 Å². The molecule has 0 bridgehead atoms. The normalized spacial score (nSPS) is 12.7. The van der Waals surface area contributed by atoms with Crippen molar-refractivity contribution >= 4 is 18.0 Å². The largest absolute Gasteiger partial charge is 0.480 e. The van der Waals surface area contributed by atoms with Crippen LogP contribution in [0.5, 0.6) is 0 Å². The second kappa shape index (κ2) is 7.95. The van der Waals surface area contributed by atoms with Gasteiger partial charge < -0.3 is 20.5 Å². The second-order valence-corrected chi connectivity index (χ2v) is 3.51. The maximum Gasteiger partial charge on any atom is 0.326 e. The van der Waals surface area contributed by atoms with Gasteiger partial charge in [0.1, 0.15) is 6.04 Å². The Morgan fingerprint density at radius 2 is 2.00 bits per heavy atom. The first-order valence-electron chi connectivity index (χ1n) is 5.23. The fourth-order valence-electron chi connectivity index (χ4n) is 1.06. The molecule has 0 aliphatic rings. The molecule has 3 N–H and O–H groups in total. The molecule has 0 fully saturated rings. The number of carbonyl (C=O) groups excluding carboxylic acids is 2. The zero-order valence-corrected chi connectivity index (χ0v) is 10.2. The molecule has 2 amide bonds. The van der Waals surface area contributed by atoms with Crippen LogP contribution in [0.1, 0.15) is 19.8 Å². The van der Waals surface area contributed by atoms with Gasteiger partial charge in [-0.05, 0) is 13.3 Å². The molecule has 0 radical (unpaired) electrons. The van der Waals surface area contributed by atoms with Crippen LogP contribution in [-0.2, 0) is 14.3 Å². The van der Waals surface area contributed by atoms with E-state index in [0.717, 1.165) is 0 Å². The molecule has 0 rings (SSSR count). The molecule has 18 heavy (non-hydrogen) atoms. The third-order valence-corrected chi connectivity index (χ3v) is 2.07. The Labute approximate surface area is 105 Å². The number of nitrogens with one attached hydrogen (secondary N) is 2. The molecule has 0 aromatic rings. The summed E-state index contributed by atoms with van der Waals surface area (Å²) < 4.78 is 4.38. The predicted octanol–water partition coefficient (Wildman–Crippen LogP) is -0.286. The number of rotatable bonds is 6. The Hall–Kier alpha value is -2.23. The van der Waals surface area contributed by atoms with Gasteiger partial charge in [-0.15, -0.1) is 6.42 Å². The molecular formula is C11H16N2O5. The molecule has 100 valence electrons. The summed E-state index contributed by atoms with van der Waals surface area (Å²) in [6.45, 7) is 1.57. The average Bonchev–Trinajstić information content (AvgIpc) is 2.33. The number of carbonyl (C=O) groups is 3. The number of hydrogen-bond donors (Lipinski definition) is 3. The van der Waals surface area contributed by atoms with Crippen molar-refractivity contribution in [3.05, 3.63) is 0 Å². The number of methoxy groups -OCH3 is 1. The van der Waals surface area contributed by atoms with Crippen LogP contribution in [0, 0.1) is 12.3 Å². The van der Waals surface area contributed by atoms with Crippen molar-refractivity contribution in [3.63, 3.8) is 0 Å². The van der Waals surface area contributed by atoms with Crippen LogP contribution in [0.3, 0.4) is 0 Å². The van der Waals surface area contributed by atoms with Crippen LogP contribution in [-0.4, -0.2) is 42.3 Å². The average molecular weight is 256 g/mol. The lowest BCUT2D eigenvalue weighted by Crippen LogP contribution is -2.48. The highest BCUT2D eigenvalue weighted by Gasteiger charge is 2.21. The van der Waals surface area contributed by atoms with Crippen LogP contribution in [0.4, 0.5) is 4.79 Å². The van der Waals surface area contributed by atoms with Gasteiger partial charge in [-0.1, -0.05) is 5.92 Å². The second-order valence-electron chi connectivity index (χ2n) is 3.51. The minimum Gasteiger partial charge on any atom is -0.480 e. The molecule has 0 aromatic carbocycles. The molecule has 0 saturated heterocycles. The zero-order valence-electron chi connectivity index (χ0n) is 10.2. The third-order valence-electron chi connectivity index (χ3n) is 2.07. The third kappa shape index (κ3) is 6.37. The standard InChI is InChI=1S/C11H16N2O5/c1-4-7(2)12-11(17)13-8(10(15)16)5-6-9(14)18-3/h1,7-8H,5-6H2,2-3H3,(H,15,16)(H2,12,13,17)/t7?,8-/m1/s1. The number of hydrogen-bond acceptors (Lipinski definition) is 4. The monoisotopic (exact) mass is 256 g/mol. The van der Waals surface area contributed by atoms with E-state index >= 15 is 0 Å². The van der Waals surface area contributed by atoms with Crippen molar-refractivity contribution in [2.24, 2.45) is 0 Å². The number of aliphatic carboxylic acids is 1. The van der Waals surface area contributed by atoms with Crippen LogP contribution < -0.4 is 10.6 Å². The lowest BCUT2D eigenvalue weighted by atomic mass is 10.1. The Balaban J connectivity index is 4.28. The van der Waals surface area contributed by atoms with Crippen molar-refractivity contribution in [1.82, 2.24) is 10.6 Å². The SMILES string of the molecule is C#CC(C)NC(=O)N[C@H](CCC(=O)OC)C(=O)O. The Morgan fingerprint density at radius 3 is 2.44 bits per heavy atom. The number of amides is 2. The molecule has 7 heteroatoms. The Morgan fingerprint density at radius 1 is 1.39 bits per heavy atom. The minimum atomic E-state index is -1.23. The predicted molar refractivity (Wildman–Crippen MR) is 62.6 cm³/mol. The topological polar surface area (TPSA) is 105 Å². The van der Waals surface area contributed by atoms with Crippen LogP contribution in [0.25, 0.3) is 0 Å². The summed E-state index contributed by atoms with van der Waals surface area (Å²) >= 11 is 0. The zero-order chi connectivity index (χ0) is 14.1. The highest BCUT2D eigenvalue weighted by molar-refractivity contribution is 5.83. The van der Waals surface area contributed by atoms with Gasteiger partial charge in [0.2, 0.25) is 0 Å². The molecular weight excluding hydrogens is 240 g/mol. The van der Waals surface area contributed by atoms with Crippen molar-refractivity contribution in [2.45, 2.75) is 31.8 Å². The number of ether oxygens (including phenoxy) is 1. The summed E-state index contributed by atoms with van der Waals surface area (Å²) in [6, 6.07) is -2.38. The smallest absolute Gasteiger partial charge is 0.326 e. The fourth-order valence-corrected chi connectivity index (χ4v) is 1.06. The summed E-state index contributed by atoms with van der Waals surface area (Å²) in [4.78, 5) is 33.1. The Bertz CT molecular complexity index is 361. The van der Waals surface area contributed by atoms with E-state index in [1.54, 1.807) is 6.92 Å². The molecule has 7 nitrogen and oxygen atoms in total. The number of urea groups is 1. The molecule has 1 unspecified atom stereocenters. The van der Waals surface area contributed by atoms with E-state index < -0.39 is 30.1 Å². The first-order chi connectivity index (χ1) is 8.40. The summed E-state index contributed by atoms with van der Waals surface area (Å²) in [5.41, 5.74) is 0. The molecule has 0 spiro atoms. The van der Waals surface area contributed by atoms with Gasteiger partial charge in [-0.3, -0.25) is 4.79 Å². The molecule has 0 saturated carbocycles. The first kappa shape index (κ1) is 15.8. The van der Waals surface area contributed by atoms with Crippen LogP contribution in [0.2, 0.25) is 0 Å². The van der Waals surface area contributed by atoms with E-state index in [1.807, 2.05) is 0 Å². The van der Waals surface area contributed by atoms with E-state index in [0.29, 0.717) is 0 Å². The van der Waals surface area contributed by atoms with Crippen molar-refractivity contribution < 1.29 is 24.2 Å². The van der Waals surface area contributed by atoms with Gasteiger partial charge in [-0.2, -0.15) is 0 Å². The van der Waals surface area contributed by atoms with E-state index in [4.69, 9.17) is 11.5 Å². The summed E-state index contributed by atoms with van der Waals surface area (Å²) in [5.74, 6) is 0.489. The fraction of sp³-hybridized carbons (Fsp3) is 0.545. The molecule has 0 aromatic heterocycles. The molecule has 2 atom stereocenters. The van der Waals surface area contributed by atoms with Gasteiger partial charge in [0.05, 0.1) is 13.2 Å². The van der Waals surface area contributed by atoms with Gasteiger partial charge >= 0.3 is 18.0 Å². The number of esters is 1. The first-order valence-corrected chi connectivity index (χ1v) is 5.23. The van der Waals surface area contributed by atoms with Gasteiger partial charge in [0.25, 0.3) is 0 Å². The van der Waals surface area contributed by atoms with Crippen LogP contribution in [0.15, 0.2) is 0 Å². The Kier molecular flexibility index (Phi) is 6.96. The van der Waals surface area contributed by atoms with Gasteiger partial charge in [0, 0.05) is 6.42 Å².